The second kappa shape index (κ2) is 9.73. The highest BCUT2D eigenvalue weighted by Gasteiger charge is 2.30. The van der Waals surface area contributed by atoms with Crippen LogP contribution in [0.5, 0.6) is 11.5 Å². The van der Waals surface area contributed by atoms with Gasteiger partial charge in [-0.1, -0.05) is 0 Å². The topological polar surface area (TPSA) is 130 Å². The van der Waals surface area contributed by atoms with Gasteiger partial charge in [0.2, 0.25) is 5.91 Å². The van der Waals surface area contributed by atoms with Crippen molar-refractivity contribution in [3.63, 3.8) is 0 Å². The number of nitrogens with zero attached hydrogens (tertiary/aromatic N) is 3. The number of rotatable bonds is 8. The summed E-state index contributed by atoms with van der Waals surface area (Å²) in [5.74, 6) is -0.352. The van der Waals surface area contributed by atoms with E-state index in [1.165, 1.54) is 24.4 Å². The summed E-state index contributed by atoms with van der Waals surface area (Å²) in [7, 11) is 1.39. The number of benzene rings is 1. The molecule has 1 saturated carbocycles. The monoisotopic (exact) mass is 497 g/mol. The number of methoxy groups -OCH3 is 1. The predicted octanol–water partition coefficient (Wildman–Crippen LogP) is 2.19. The first-order chi connectivity index (χ1) is 17.4. The van der Waals surface area contributed by atoms with Gasteiger partial charge in [0.1, 0.15) is 29.9 Å². The Kier molecular flexibility index (Phi) is 6.48. The number of likely N-dealkylation sites (tertiary alicyclic amines) is 1. The Morgan fingerprint density at radius 2 is 2.06 bits per heavy atom. The molecule has 0 bridgehead atoms. The number of halogens is 1. The van der Waals surface area contributed by atoms with Gasteiger partial charge < -0.3 is 29.8 Å². The fraction of sp³-hybridized carbons (Fsp3) is 0.440. The molecule has 10 nitrogen and oxygen atoms in total. The first-order valence-corrected chi connectivity index (χ1v) is 11.9. The van der Waals surface area contributed by atoms with Crippen molar-refractivity contribution < 1.29 is 28.6 Å². The quantitative estimate of drug-likeness (QED) is 0.435. The standard InChI is InChI=1S/C25H28FN5O5/c1-13-21(25(34)30-15-5-6-31(9-15)20(33)10-32)23-24(29-13)22(27-12-28-23)16-7-19(35-2)17(26)8-18(16)36-11-14-3-4-14/h7-8,12,14-15,29,32H,3-6,9-11H2,1-2H3,(H,30,34)/t15-/m1/s1. The number of hydrogen-bond donors (Lipinski definition) is 3. The lowest BCUT2D eigenvalue weighted by Crippen LogP contribution is -2.39. The molecule has 5 rings (SSSR count). The Morgan fingerprint density at radius 3 is 2.78 bits per heavy atom. The summed E-state index contributed by atoms with van der Waals surface area (Å²) in [6, 6.07) is 2.61. The molecule has 1 aliphatic heterocycles. The Hall–Kier alpha value is -3.73. The molecule has 2 fully saturated rings. The van der Waals surface area contributed by atoms with E-state index in [4.69, 9.17) is 14.6 Å². The van der Waals surface area contributed by atoms with Gasteiger partial charge in [0.15, 0.2) is 11.6 Å². The van der Waals surface area contributed by atoms with Gasteiger partial charge in [-0.05, 0) is 38.2 Å². The Morgan fingerprint density at radius 1 is 1.25 bits per heavy atom. The molecule has 2 amide bonds. The van der Waals surface area contributed by atoms with E-state index in [0.29, 0.717) is 71.3 Å². The lowest BCUT2D eigenvalue weighted by Gasteiger charge is -2.16. The molecule has 0 radical (unpaired) electrons. The van der Waals surface area contributed by atoms with Crippen molar-refractivity contribution in [1.29, 1.82) is 0 Å². The van der Waals surface area contributed by atoms with Gasteiger partial charge >= 0.3 is 0 Å². The Labute approximate surface area is 206 Å². The van der Waals surface area contributed by atoms with E-state index >= 15 is 0 Å². The molecular formula is C25H28FN5O5. The number of carbonyl (C=O) groups is 2. The second-order valence-corrected chi connectivity index (χ2v) is 9.27. The Bertz CT molecular complexity index is 1320. The number of aromatic amines is 1. The van der Waals surface area contributed by atoms with Gasteiger partial charge in [-0.15, -0.1) is 0 Å². The molecule has 0 unspecified atom stereocenters. The molecule has 3 N–H and O–H groups in total. The van der Waals surface area contributed by atoms with Gasteiger partial charge in [0.05, 0.1) is 24.8 Å². The summed E-state index contributed by atoms with van der Waals surface area (Å²) in [6.45, 7) is 2.51. The van der Waals surface area contributed by atoms with Crippen molar-refractivity contribution in [2.24, 2.45) is 5.92 Å². The number of H-pyrrole nitrogens is 1. The average molecular weight is 498 g/mol. The summed E-state index contributed by atoms with van der Waals surface area (Å²) < 4.78 is 25.7. The van der Waals surface area contributed by atoms with E-state index in [1.807, 2.05) is 0 Å². The third-order valence-electron chi connectivity index (χ3n) is 6.69. The van der Waals surface area contributed by atoms with Crippen LogP contribution in [0.3, 0.4) is 0 Å². The zero-order chi connectivity index (χ0) is 25.4. The van der Waals surface area contributed by atoms with Crippen molar-refractivity contribution in [1.82, 2.24) is 25.2 Å². The first kappa shape index (κ1) is 24.0. The molecule has 0 spiro atoms. The van der Waals surface area contributed by atoms with Crippen LogP contribution in [0, 0.1) is 18.7 Å². The maximum Gasteiger partial charge on any atom is 0.255 e. The van der Waals surface area contributed by atoms with Gasteiger partial charge in [-0.2, -0.15) is 0 Å². The SMILES string of the molecule is COc1cc(-c2ncnc3c(C(=O)N[C@@H]4CCN(C(=O)CO)C4)c(C)[nH]c23)c(OCC2CC2)cc1F. The number of hydrogen-bond acceptors (Lipinski definition) is 7. The van der Waals surface area contributed by atoms with Gasteiger partial charge in [0, 0.05) is 36.5 Å². The summed E-state index contributed by atoms with van der Waals surface area (Å²) in [6.07, 6.45) is 4.13. The van der Waals surface area contributed by atoms with E-state index < -0.39 is 12.4 Å². The van der Waals surface area contributed by atoms with Crippen LogP contribution < -0.4 is 14.8 Å². The maximum absolute atomic E-state index is 14.5. The number of aromatic nitrogens is 3. The van der Waals surface area contributed by atoms with Crippen molar-refractivity contribution >= 4 is 22.8 Å². The largest absolute Gasteiger partial charge is 0.494 e. The van der Waals surface area contributed by atoms with Gasteiger partial charge in [-0.3, -0.25) is 9.59 Å². The first-order valence-electron chi connectivity index (χ1n) is 11.9. The van der Waals surface area contributed by atoms with E-state index in [9.17, 15) is 14.0 Å². The minimum absolute atomic E-state index is 0.0555. The summed E-state index contributed by atoms with van der Waals surface area (Å²) in [4.78, 5) is 38.6. The van der Waals surface area contributed by atoms with E-state index in [0.717, 1.165) is 12.8 Å². The number of aryl methyl sites for hydroxylation is 1. The van der Waals surface area contributed by atoms with E-state index in [2.05, 4.69) is 20.3 Å². The van der Waals surface area contributed by atoms with Crippen molar-refractivity contribution in [2.45, 2.75) is 32.2 Å². The van der Waals surface area contributed by atoms with Crippen LogP contribution in [0.15, 0.2) is 18.5 Å². The second-order valence-electron chi connectivity index (χ2n) is 9.27. The number of fused-ring (bicyclic) bond motifs is 1. The van der Waals surface area contributed by atoms with Crippen molar-refractivity contribution in [2.75, 3.05) is 33.4 Å². The van der Waals surface area contributed by atoms with Crippen molar-refractivity contribution in [3.8, 4) is 22.8 Å². The molecule has 1 atom stereocenters. The lowest BCUT2D eigenvalue weighted by atomic mass is 10.1. The number of nitrogens with one attached hydrogen (secondary N) is 2. The average Bonchev–Trinajstić information content (AvgIpc) is 3.48. The zero-order valence-corrected chi connectivity index (χ0v) is 20.1. The minimum Gasteiger partial charge on any atom is -0.494 e. The number of amides is 2. The highest BCUT2D eigenvalue weighted by molar-refractivity contribution is 6.09. The molecule has 1 aliphatic carbocycles. The van der Waals surface area contributed by atoms with Crippen LogP contribution in [0.4, 0.5) is 4.39 Å². The molecule has 3 aromatic rings. The molecule has 2 aromatic heterocycles. The smallest absolute Gasteiger partial charge is 0.255 e. The summed E-state index contributed by atoms with van der Waals surface area (Å²) in [5.41, 5.74) is 2.91. The van der Waals surface area contributed by atoms with E-state index in [-0.39, 0.29) is 23.6 Å². The molecule has 36 heavy (non-hydrogen) atoms. The lowest BCUT2D eigenvalue weighted by molar-refractivity contribution is -0.133. The normalized spacial score (nSPS) is 17.4. The highest BCUT2D eigenvalue weighted by atomic mass is 19.1. The summed E-state index contributed by atoms with van der Waals surface area (Å²) >= 11 is 0. The summed E-state index contributed by atoms with van der Waals surface area (Å²) in [5, 5.41) is 12.1. The third-order valence-corrected chi connectivity index (χ3v) is 6.69. The molecule has 3 heterocycles. The van der Waals surface area contributed by atoms with Crippen LogP contribution in [-0.4, -0.2) is 76.2 Å². The fourth-order valence-corrected chi connectivity index (χ4v) is 4.55. The van der Waals surface area contributed by atoms with Crippen LogP contribution in [0.1, 0.15) is 35.3 Å². The van der Waals surface area contributed by atoms with Crippen molar-refractivity contribution in [3.05, 3.63) is 35.5 Å². The molecule has 1 aromatic carbocycles. The van der Waals surface area contributed by atoms with Crippen LogP contribution in [0.25, 0.3) is 22.3 Å². The molecule has 11 heteroatoms. The number of ether oxygens (including phenoxy) is 2. The zero-order valence-electron chi connectivity index (χ0n) is 20.1. The number of aliphatic hydroxyl groups excluding tert-OH is 1. The fourth-order valence-electron chi connectivity index (χ4n) is 4.55. The van der Waals surface area contributed by atoms with Gasteiger partial charge in [0.25, 0.3) is 5.91 Å². The van der Waals surface area contributed by atoms with Crippen LogP contribution in [0.2, 0.25) is 0 Å². The third kappa shape index (κ3) is 4.58. The number of carbonyl (C=O) groups excluding carboxylic acids is 2. The molecular weight excluding hydrogens is 469 g/mol. The molecule has 2 aliphatic rings. The maximum atomic E-state index is 14.5. The minimum atomic E-state index is -0.553. The molecule has 1 saturated heterocycles. The van der Waals surface area contributed by atoms with E-state index in [1.54, 1.807) is 13.0 Å². The predicted molar refractivity (Wildman–Crippen MR) is 128 cm³/mol. The number of aliphatic hydroxyl groups is 1. The van der Waals surface area contributed by atoms with Crippen LogP contribution in [-0.2, 0) is 4.79 Å². The highest BCUT2D eigenvalue weighted by Crippen LogP contribution is 2.39. The van der Waals surface area contributed by atoms with Gasteiger partial charge in [-0.25, -0.2) is 14.4 Å². The molecule has 190 valence electrons. The Balaban J connectivity index is 1.48. The van der Waals surface area contributed by atoms with Crippen LogP contribution >= 0.6 is 0 Å².